The van der Waals surface area contributed by atoms with Gasteiger partial charge < -0.3 is 15.2 Å². The molecule has 8 nitrogen and oxygen atoms in total. The maximum absolute atomic E-state index is 14.7. The second kappa shape index (κ2) is 9.32. The molecule has 0 bridgehead atoms. The fourth-order valence-electron chi connectivity index (χ4n) is 4.92. The number of aromatic carboxylic acids is 1. The first kappa shape index (κ1) is 22.9. The minimum absolute atomic E-state index is 0.0224. The largest absolute Gasteiger partial charge is 0.478 e. The number of benzene rings is 1. The fraction of sp³-hybridized carbons (Fsp3) is 0.500. The fourth-order valence-corrected chi connectivity index (χ4v) is 4.92. The summed E-state index contributed by atoms with van der Waals surface area (Å²) in [4.78, 5) is 24.5. The molecule has 1 saturated heterocycles. The average molecular weight is 455 g/mol. The van der Waals surface area contributed by atoms with E-state index in [9.17, 15) is 19.1 Å². The lowest BCUT2D eigenvalue weighted by atomic mass is 9.76. The van der Waals surface area contributed by atoms with E-state index in [0.29, 0.717) is 51.1 Å². The minimum atomic E-state index is -1.23. The molecule has 0 atom stereocenters. The molecule has 1 aromatic carbocycles. The first-order valence-electron chi connectivity index (χ1n) is 11.3. The van der Waals surface area contributed by atoms with Gasteiger partial charge in [0.2, 0.25) is 0 Å². The van der Waals surface area contributed by atoms with Gasteiger partial charge in [-0.15, -0.1) is 0 Å². The lowest BCUT2D eigenvalue weighted by Crippen LogP contribution is -2.40. The van der Waals surface area contributed by atoms with E-state index in [1.165, 1.54) is 12.1 Å². The molecule has 9 heteroatoms. The zero-order valence-corrected chi connectivity index (χ0v) is 18.6. The SMILES string of the molecule is CCc1nn(CCCc2c(C(=O)O)ccc(C#N)c2F)c2c1C(=O)NCC1(CCOCC1)C2. The van der Waals surface area contributed by atoms with Crippen LogP contribution in [-0.2, 0) is 30.5 Å². The monoisotopic (exact) mass is 454 g/mol. The smallest absolute Gasteiger partial charge is 0.336 e. The van der Waals surface area contributed by atoms with Crippen molar-refractivity contribution in [1.82, 2.24) is 15.1 Å². The predicted octanol–water partition coefficient (Wildman–Crippen LogP) is 2.87. The summed E-state index contributed by atoms with van der Waals surface area (Å²) >= 11 is 0. The number of hydrogen-bond donors (Lipinski definition) is 2. The van der Waals surface area contributed by atoms with Crippen molar-refractivity contribution in [3.8, 4) is 6.07 Å². The topological polar surface area (TPSA) is 117 Å². The summed E-state index contributed by atoms with van der Waals surface area (Å²) in [5.74, 6) is -2.13. The molecule has 33 heavy (non-hydrogen) atoms. The molecule has 4 rings (SSSR count). The van der Waals surface area contributed by atoms with E-state index in [4.69, 9.17) is 10.00 Å². The minimum Gasteiger partial charge on any atom is -0.478 e. The second-order valence-corrected chi connectivity index (χ2v) is 8.79. The predicted molar refractivity (Wildman–Crippen MR) is 117 cm³/mol. The van der Waals surface area contributed by atoms with Crippen LogP contribution in [0.3, 0.4) is 0 Å². The Labute approximate surface area is 191 Å². The highest BCUT2D eigenvalue weighted by molar-refractivity contribution is 5.97. The van der Waals surface area contributed by atoms with E-state index < -0.39 is 11.8 Å². The van der Waals surface area contributed by atoms with Gasteiger partial charge in [-0.3, -0.25) is 9.48 Å². The van der Waals surface area contributed by atoms with E-state index in [-0.39, 0.29) is 34.4 Å². The Kier molecular flexibility index (Phi) is 6.47. The highest BCUT2D eigenvalue weighted by atomic mass is 19.1. The Balaban J connectivity index is 1.61. The van der Waals surface area contributed by atoms with Crippen LogP contribution < -0.4 is 5.32 Å². The summed E-state index contributed by atoms with van der Waals surface area (Å²) < 4.78 is 22.1. The Morgan fingerprint density at radius 1 is 1.39 bits per heavy atom. The van der Waals surface area contributed by atoms with Crippen molar-refractivity contribution < 1.29 is 23.8 Å². The van der Waals surface area contributed by atoms with Crippen LogP contribution in [-0.4, -0.2) is 46.5 Å². The highest BCUT2D eigenvalue weighted by Gasteiger charge is 2.39. The Bertz CT molecular complexity index is 1130. The van der Waals surface area contributed by atoms with E-state index in [1.54, 1.807) is 6.07 Å². The van der Waals surface area contributed by atoms with Crippen molar-refractivity contribution in [2.75, 3.05) is 19.8 Å². The van der Waals surface area contributed by atoms with Crippen molar-refractivity contribution in [3.63, 3.8) is 0 Å². The number of nitriles is 1. The first-order valence-corrected chi connectivity index (χ1v) is 11.3. The molecule has 1 aromatic heterocycles. The van der Waals surface area contributed by atoms with Gasteiger partial charge in [0.05, 0.1) is 28.1 Å². The molecule has 174 valence electrons. The van der Waals surface area contributed by atoms with Gasteiger partial charge in [0.15, 0.2) is 0 Å². The lowest BCUT2D eigenvalue weighted by molar-refractivity contribution is 0.0152. The molecule has 1 fully saturated rings. The quantitative estimate of drug-likeness (QED) is 0.693. The molecule has 1 spiro atoms. The number of nitrogens with zero attached hydrogens (tertiary/aromatic N) is 3. The Hall–Kier alpha value is -3.25. The number of carbonyl (C=O) groups excluding carboxylic acids is 1. The molecular formula is C24H27FN4O4. The van der Waals surface area contributed by atoms with Gasteiger partial charge >= 0.3 is 5.97 Å². The third-order valence-electron chi connectivity index (χ3n) is 6.80. The molecule has 2 aliphatic heterocycles. The highest BCUT2D eigenvalue weighted by Crippen LogP contribution is 2.37. The number of carboxylic acid groups (broad SMARTS) is 1. The Morgan fingerprint density at radius 2 is 2.15 bits per heavy atom. The van der Waals surface area contributed by atoms with Gasteiger partial charge in [-0.2, -0.15) is 10.4 Å². The lowest BCUT2D eigenvalue weighted by Gasteiger charge is -2.36. The number of aromatic nitrogens is 2. The molecular weight excluding hydrogens is 427 g/mol. The van der Waals surface area contributed by atoms with Crippen LogP contribution in [0.15, 0.2) is 12.1 Å². The average Bonchev–Trinajstić information content (AvgIpc) is 3.08. The van der Waals surface area contributed by atoms with Crippen LogP contribution in [0.5, 0.6) is 0 Å². The number of nitrogens with one attached hydrogen (secondary N) is 1. The number of carbonyl (C=O) groups is 2. The van der Waals surface area contributed by atoms with E-state index >= 15 is 0 Å². The summed E-state index contributed by atoms with van der Waals surface area (Å²) in [6, 6.07) is 4.23. The van der Waals surface area contributed by atoms with Crippen LogP contribution in [0.4, 0.5) is 4.39 Å². The number of fused-ring (bicyclic) bond motifs is 1. The van der Waals surface area contributed by atoms with Gasteiger partial charge in [-0.1, -0.05) is 6.92 Å². The van der Waals surface area contributed by atoms with Crippen LogP contribution in [0.1, 0.15) is 69.4 Å². The van der Waals surface area contributed by atoms with Crippen LogP contribution in [0.25, 0.3) is 0 Å². The second-order valence-electron chi connectivity index (χ2n) is 8.79. The van der Waals surface area contributed by atoms with Gasteiger partial charge in [0.1, 0.15) is 11.9 Å². The van der Waals surface area contributed by atoms with E-state index in [2.05, 4.69) is 10.4 Å². The molecule has 0 saturated carbocycles. The summed E-state index contributed by atoms with van der Waals surface area (Å²) in [6.07, 6.45) is 3.59. The summed E-state index contributed by atoms with van der Waals surface area (Å²) in [6.45, 7) is 4.29. The number of hydrogen-bond acceptors (Lipinski definition) is 5. The van der Waals surface area contributed by atoms with Crippen LogP contribution >= 0.6 is 0 Å². The molecule has 0 aliphatic carbocycles. The summed E-state index contributed by atoms with van der Waals surface area (Å²) in [5, 5.41) is 26.3. The maximum Gasteiger partial charge on any atom is 0.336 e. The molecule has 3 heterocycles. The molecule has 2 aromatic rings. The van der Waals surface area contributed by atoms with Crippen molar-refractivity contribution in [3.05, 3.63) is 51.6 Å². The summed E-state index contributed by atoms with van der Waals surface area (Å²) in [7, 11) is 0. The van der Waals surface area contributed by atoms with Gasteiger partial charge in [-0.05, 0) is 56.1 Å². The van der Waals surface area contributed by atoms with Crippen LogP contribution in [0, 0.1) is 22.6 Å². The van der Waals surface area contributed by atoms with Crippen molar-refractivity contribution in [2.24, 2.45) is 5.41 Å². The van der Waals surface area contributed by atoms with Crippen molar-refractivity contribution >= 4 is 11.9 Å². The van der Waals surface area contributed by atoms with E-state index in [1.807, 2.05) is 11.6 Å². The number of amides is 1. The third kappa shape index (κ3) is 4.35. The molecule has 0 unspecified atom stereocenters. The number of rotatable bonds is 6. The number of ether oxygens (including phenoxy) is 1. The molecule has 1 amide bonds. The van der Waals surface area contributed by atoms with Gasteiger partial charge in [-0.25, -0.2) is 9.18 Å². The Morgan fingerprint density at radius 3 is 2.82 bits per heavy atom. The standard InChI is InChI=1S/C24H27FN4O4/c1-2-18-20-19(12-24(14-27-22(20)30)7-10-33-11-8-24)29(28-18)9-3-4-16-17(23(31)32)6-5-15(13-26)21(16)25/h5-6H,2-4,7-12,14H2,1H3,(H,27,30)(H,31,32). The number of halogens is 1. The van der Waals surface area contributed by atoms with Gasteiger partial charge in [0, 0.05) is 31.9 Å². The third-order valence-corrected chi connectivity index (χ3v) is 6.80. The zero-order valence-electron chi connectivity index (χ0n) is 18.6. The molecule has 2 N–H and O–H groups in total. The molecule has 0 radical (unpaired) electrons. The van der Waals surface area contributed by atoms with Crippen molar-refractivity contribution in [2.45, 2.75) is 52.0 Å². The van der Waals surface area contributed by atoms with Crippen LogP contribution in [0.2, 0.25) is 0 Å². The molecule has 2 aliphatic rings. The number of aryl methyl sites for hydroxylation is 2. The zero-order chi connectivity index (χ0) is 23.6. The normalized spacial score (nSPS) is 17.2. The summed E-state index contributed by atoms with van der Waals surface area (Å²) in [5.41, 5.74) is 1.88. The van der Waals surface area contributed by atoms with Gasteiger partial charge in [0.25, 0.3) is 5.91 Å². The first-order chi connectivity index (χ1) is 15.9. The van der Waals surface area contributed by atoms with Crippen molar-refractivity contribution in [1.29, 1.82) is 5.26 Å². The maximum atomic E-state index is 14.7. The number of carboxylic acids is 1. The van der Waals surface area contributed by atoms with E-state index in [0.717, 1.165) is 24.2 Å².